The van der Waals surface area contributed by atoms with Gasteiger partial charge in [0.1, 0.15) is 0 Å². The zero-order valence-electron chi connectivity index (χ0n) is 14.1. The highest BCUT2D eigenvalue weighted by Crippen LogP contribution is 2.38. The van der Waals surface area contributed by atoms with Gasteiger partial charge >= 0.3 is 0 Å². The number of pyridine rings is 1. The van der Waals surface area contributed by atoms with E-state index < -0.39 is 0 Å². The summed E-state index contributed by atoms with van der Waals surface area (Å²) < 4.78 is 0. The van der Waals surface area contributed by atoms with Gasteiger partial charge in [0.15, 0.2) is 0 Å². The minimum absolute atomic E-state index is 0.0803. The van der Waals surface area contributed by atoms with Crippen molar-refractivity contribution in [1.82, 2.24) is 10.3 Å². The van der Waals surface area contributed by atoms with Gasteiger partial charge in [0.2, 0.25) is 0 Å². The first kappa shape index (κ1) is 16.1. The van der Waals surface area contributed by atoms with E-state index in [0.717, 1.165) is 30.8 Å². The van der Waals surface area contributed by atoms with Crippen molar-refractivity contribution in [3.63, 3.8) is 0 Å². The number of amides is 1. The van der Waals surface area contributed by atoms with E-state index >= 15 is 0 Å². The number of anilines is 1. The summed E-state index contributed by atoms with van der Waals surface area (Å²) in [7, 11) is 0. The third kappa shape index (κ3) is 3.24. The average molecular weight is 337 g/mol. The zero-order chi connectivity index (χ0) is 17.2. The summed E-state index contributed by atoms with van der Waals surface area (Å²) in [5.74, 6) is 0.143. The summed E-state index contributed by atoms with van der Waals surface area (Å²) >= 11 is 0. The lowest BCUT2D eigenvalue weighted by atomic mass is 9.76. The lowest BCUT2D eigenvalue weighted by Gasteiger charge is -2.37. The first-order valence-electron chi connectivity index (χ1n) is 8.98. The number of para-hydroxylation sites is 1. The van der Waals surface area contributed by atoms with Crippen molar-refractivity contribution in [3.05, 3.63) is 59.4 Å². The molecule has 2 aliphatic rings. The summed E-state index contributed by atoms with van der Waals surface area (Å²) in [6.45, 7) is 0.899. The van der Waals surface area contributed by atoms with Crippen LogP contribution in [0, 0.1) is 5.92 Å². The first-order chi connectivity index (χ1) is 12.2. The lowest BCUT2D eigenvalue weighted by Crippen LogP contribution is -2.42. The number of hydrogen-bond donors (Lipinski definition) is 3. The fraction of sp³-hybridized carbons (Fsp3) is 0.400. The Balaban J connectivity index is 1.59. The molecular weight excluding hydrogens is 314 g/mol. The molecule has 0 unspecified atom stereocenters. The monoisotopic (exact) mass is 337 g/mol. The third-order valence-electron chi connectivity index (χ3n) is 5.23. The van der Waals surface area contributed by atoms with E-state index in [0.29, 0.717) is 18.4 Å². The zero-order valence-corrected chi connectivity index (χ0v) is 14.1. The quantitative estimate of drug-likeness (QED) is 0.802. The first-order valence-corrected chi connectivity index (χ1v) is 8.98. The number of hydrogen-bond acceptors (Lipinski definition) is 4. The highest BCUT2D eigenvalue weighted by Gasteiger charge is 2.36. The molecule has 1 aromatic heterocycles. The third-order valence-corrected chi connectivity index (χ3v) is 5.23. The fourth-order valence-electron chi connectivity index (χ4n) is 3.81. The van der Waals surface area contributed by atoms with E-state index in [4.69, 9.17) is 0 Å². The highest BCUT2D eigenvalue weighted by molar-refractivity contribution is 6.00. The summed E-state index contributed by atoms with van der Waals surface area (Å²) in [6, 6.07) is 11.5. The van der Waals surface area contributed by atoms with Gasteiger partial charge in [-0.3, -0.25) is 9.78 Å². The maximum absolute atomic E-state index is 13.0. The number of nitrogens with zero attached hydrogens (tertiary/aromatic N) is 1. The number of aliphatic hydroxyl groups is 1. The molecule has 2 heterocycles. The molecule has 5 heteroatoms. The van der Waals surface area contributed by atoms with Crippen molar-refractivity contribution in [2.24, 2.45) is 5.92 Å². The molecule has 0 radical (unpaired) electrons. The van der Waals surface area contributed by atoms with Crippen molar-refractivity contribution < 1.29 is 9.90 Å². The van der Waals surface area contributed by atoms with Gasteiger partial charge in [-0.2, -0.15) is 0 Å². The van der Waals surface area contributed by atoms with E-state index in [9.17, 15) is 9.90 Å². The van der Waals surface area contributed by atoms with Gasteiger partial charge in [-0.05, 0) is 55.4 Å². The number of aromatic nitrogens is 1. The number of benzene rings is 1. The Labute approximate surface area is 147 Å². The van der Waals surface area contributed by atoms with Crippen LogP contribution < -0.4 is 10.6 Å². The predicted molar refractivity (Wildman–Crippen MR) is 96.4 cm³/mol. The Kier molecular flexibility index (Phi) is 4.40. The molecule has 0 bridgehead atoms. The molecule has 0 spiro atoms. The second kappa shape index (κ2) is 6.84. The van der Waals surface area contributed by atoms with Crippen LogP contribution >= 0.6 is 0 Å². The van der Waals surface area contributed by atoms with Crippen LogP contribution in [0.25, 0.3) is 0 Å². The van der Waals surface area contributed by atoms with Crippen molar-refractivity contribution >= 4 is 11.6 Å². The molecular formula is C20H23N3O2. The van der Waals surface area contributed by atoms with Crippen LogP contribution in [0.3, 0.4) is 0 Å². The summed E-state index contributed by atoms with van der Waals surface area (Å²) in [6.07, 6.45) is 4.98. The summed E-state index contributed by atoms with van der Waals surface area (Å²) in [4.78, 5) is 17.4. The Bertz CT molecular complexity index is 757. The van der Waals surface area contributed by atoms with Crippen LogP contribution in [0.1, 0.15) is 46.9 Å². The van der Waals surface area contributed by atoms with Crippen LogP contribution in [0.4, 0.5) is 5.69 Å². The molecule has 1 aromatic carbocycles. The van der Waals surface area contributed by atoms with Crippen LogP contribution in [0.15, 0.2) is 42.6 Å². The van der Waals surface area contributed by atoms with E-state index in [-0.39, 0.29) is 24.0 Å². The van der Waals surface area contributed by atoms with E-state index in [1.807, 2.05) is 30.3 Å². The maximum atomic E-state index is 13.0. The standard InChI is InChI=1S/C20H23N3O2/c24-15-11-14(12-15)19(17-8-1-2-9-21-17)23-20(25)16-7-3-5-13-6-4-10-22-18(13)16/h1-3,5,7-9,14-15,19,22,24H,4,6,10-12H2,(H,23,25)/t14?,15?,19-/m0/s1. The van der Waals surface area contributed by atoms with Gasteiger partial charge in [-0.15, -0.1) is 0 Å². The molecule has 25 heavy (non-hydrogen) atoms. The van der Waals surface area contributed by atoms with Crippen molar-refractivity contribution in [2.45, 2.75) is 37.8 Å². The van der Waals surface area contributed by atoms with E-state index in [1.165, 1.54) is 5.56 Å². The molecule has 0 saturated heterocycles. The number of fused-ring (bicyclic) bond motifs is 1. The smallest absolute Gasteiger partial charge is 0.253 e. The minimum atomic E-state index is -0.265. The molecule has 2 aromatic rings. The molecule has 5 nitrogen and oxygen atoms in total. The molecule has 1 aliphatic carbocycles. The van der Waals surface area contributed by atoms with Crippen LogP contribution in [0.5, 0.6) is 0 Å². The Morgan fingerprint density at radius 2 is 2.12 bits per heavy atom. The van der Waals surface area contributed by atoms with Gasteiger partial charge in [0.05, 0.1) is 29.1 Å². The normalized spacial score (nSPS) is 22.9. The Morgan fingerprint density at radius 1 is 1.24 bits per heavy atom. The minimum Gasteiger partial charge on any atom is -0.393 e. The van der Waals surface area contributed by atoms with Crippen LogP contribution in [-0.2, 0) is 6.42 Å². The number of aryl methyl sites for hydroxylation is 1. The maximum Gasteiger partial charge on any atom is 0.253 e. The Morgan fingerprint density at radius 3 is 2.88 bits per heavy atom. The van der Waals surface area contributed by atoms with Crippen molar-refractivity contribution in [1.29, 1.82) is 0 Å². The number of carbonyl (C=O) groups excluding carboxylic acids is 1. The van der Waals surface area contributed by atoms with Gasteiger partial charge in [0.25, 0.3) is 5.91 Å². The molecule has 1 aliphatic heterocycles. The van der Waals surface area contributed by atoms with Crippen molar-refractivity contribution in [2.75, 3.05) is 11.9 Å². The molecule has 4 rings (SSSR count). The average Bonchev–Trinajstić information content (AvgIpc) is 2.64. The van der Waals surface area contributed by atoms with Gasteiger partial charge in [-0.25, -0.2) is 0 Å². The largest absolute Gasteiger partial charge is 0.393 e. The molecule has 3 N–H and O–H groups in total. The number of rotatable bonds is 4. The van der Waals surface area contributed by atoms with Crippen molar-refractivity contribution in [3.8, 4) is 0 Å². The van der Waals surface area contributed by atoms with E-state index in [2.05, 4.69) is 21.7 Å². The Hall–Kier alpha value is -2.40. The molecule has 1 fully saturated rings. The molecule has 130 valence electrons. The lowest BCUT2D eigenvalue weighted by molar-refractivity contribution is 0.0228. The SMILES string of the molecule is O=C(N[C@H](c1ccccn1)C1CC(O)C1)c1cccc2c1NCCC2. The van der Waals surface area contributed by atoms with Crippen LogP contribution in [0.2, 0.25) is 0 Å². The fourth-order valence-corrected chi connectivity index (χ4v) is 3.81. The number of carbonyl (C=O) groups is 1. The second-order valence-electron chi connectivity index (χ2n) is 6.96. The second-order valence-corrected chi connectivity index (χ2v) is 6.96. The topological polar surface area (TPSA) is 74.2 Å². The van der Waals surface area contributed by atoms with Gasteiger partial charge in [-0.1, -0.05) is 18.2 Å². The molecule has 1 amide bonds. The highest BCUT2D eigenvalue weighted by atomic mass is 16.3. The van der Waals surface area contributed by atoms with Crippen LogP contribution in [-0.4, -0.2) is 28.6 Å². The summed E-state index contributed by atoms with van der Waals surface area (Å²) in [5, 5.41) is 16.2. The van der Waals surface area contributed by atoms with Gasteiger partial charge in [0, 0.05) is 12.7 Å². The molecule has 1 saturated carbocycles. The van der Waals surface area contributed by atoms with Gasteiger partial charge < -0.3 is 15.7 Å². The number of aliphatic hydroxyl groups excluding tert-OH is 1. The number of nitrogens with one attached hydrogen (secondary N) is 2. The molecule has 1 atom stereocenters. The van der Waals surface area contributed by atoms with E-state index in [1.54, 1.807) is 6.20 Å². The predicted octanol–water partition coefficient (Wildman–Crippen LogP) is 2.68. The summed E-state index contributed by atoms with van der Waals surface area (Å²) in [5.41, 5.74) is 3.70.